The number of rotatable bonds is 10. The molecule has 0 spiro atoms. The van der Waals surface area contributed by atoms with E-state index in [1.807, 2.05) is 0 Å². The van der Waals surface area contributed by atoms with Crippen molar-refractivity contribution >= 4 is 0 Å². The first-order valence-corrected chi connectivity index (χ1v) is 6.43. The van der Waals surface area contributed by atoms with Crippen LogP contribution in [0.5, 0.6) is 0 Å². The number of ether oxygens (including phenoxy) is 2. The molecule has 0 aliphatic rings. The average Bonchev–Trinajstić information content (AvgIpc) is 2.26. The molecule has 0 amide bonds. The fourth-order valence-electron chi connectivity index (χ4n) is 1.37. The number of hydrogen-bond acceptors (Lipinski definition) is 2. The first-order valence-electron chi connectivity index (χ1n) is 6.43. The van der Waals surface area contributed by atoms with Gasteiger partial charge in [0.1, 0.15) is 0 Å². The summed E-state index contributed by atoms with van der Waals surface area (Å²) < 4.78 is 11.3. The highest BCUT2D eigenvalue weighted by Gasteiger charge is 2.07. The van der Waals surface area contributed by atoms with Gasteiger partial charge >= 0.3 is 0 Å². The zero-order valence-electron chi connectivity index (χ0n) is 10.9. The minimum absolute atomic E-state index is 0.238. The van der Waals surface area contributed by atoms with E-state index in [-0.39, 0.29) is 6.10 Å². The van der Waals surface area contributed by atoms with Crippen molar-refractivity contribution < 1.29 is 9.47 Å². The lowest BCUT2D eigenvalue weighted by atomic mass is 10.1. The zero-order chi connectivity index (χ0) is 11.5. The van der Waals surface area contributed by atoms with Crippen molar-refractivity contribution in [1.82, 2.24) is 0 Å². The largest absolute Gasteiger partial charge is 0.379 e. The second-order valence-corrected chi connectivity index (χ2v) is 4.25. The van der Waals surface area contributed by atoms with E-state index in [0.717, 1.165) is 26.2 Å². The van der Waals surface area contributed by atoms with Crippen LogP contribution in [0.2, 0.25) is 0 Å². The molecule has 0 aliphatic carbocycles. The highest BCUT2D eigenvalue weighted by molar-refractivity contribution is 4.55. The van der Waals surface area contributed by atoms with Gasteiger partial charge in [-0.2, -0.15) is 0 Å². The van der Waals surface area contributed by atoms with Gasteiger partial charge in [-0.15, -0.1) is 0 Å². The maximum Gasteiger partial charge on any atom is 0.0780 e. The van der Waals surface area contributed by atoms with Crippen LogP contribution in [0, 0.1) is 5.92 Å². The van der Waals surface area contributed by atoms with Gasteiger partial charge in [0.05, 0.1) is 12.7 Å². The van der Waals surface area contributed by atoms with E-state index in [9.17, 15) is 0 Å². The summed E-state index contributed by atoms with van der Waals surface area (Å²) in [6, 6.07) is 0. The monoisotopic (exact) mass is 216 g/mol. The van der Waals surface area contributed by atoms with Crippen molar-refractivity contribution in [3.63, 3.8) is 0 Å². The first kappa shape index (κ1) is 14.9. The summed E-state index contributed by atoms with van der Waals surface area (Å²) in [6.07, 6.45) is 5.00. The summed E-state index contributed by atoms with van der Waals surface area (Å²) in [6.45, 7) is 11.2. The quantitative estimate of drug-likeness (QED) is 0.519. The molecule has 0 aromatic carbocycles. The van der Waals surface area contributed by atoms with E-state index in [0.29, 0.717) is 5.92 Å². The van der Waals surface area contributed by atoms with Crippen molar-refractivity contribution in [2.45, 2.75) is 59.5 Å². The molecule has 0 fully saturated rings. The summed E-state index contributed by atoms with van der Waals surface area (Å²) in [4.78, 5) is 0. The highest BCUT2D eigenvalue weighted by atomic mass is 16.5. The van der Waals surface area contributed by atoms with Crippen LogP contribution in [-0.2, 0) is 9.47 Å². The average molecular weight is 216 g/mol. The Balaban J connectivity index is 3.35. The van der Waals surface area contributed by atoms with E-state index in [1.165, 1.54) is 19.3 Å². The Morgan fingerprint density at radius 3 is 2.20 bits per heavy atom. The van der Waals surface area contributed by atoms with Gasteiger partial charge in [-0.05, 0) is 19.3 Å². The van der Waals surface area contributed by atoms with Crippen molar-refractivity contribution in [3.8, 4) is 0 Å². The molecular weight excluding hydrogens is 188 g/mol. The van der Waals surface area contributed by atoms with Gasteiger partial charge < -0.3 is 9.47 Å². The minimum atomic E-state index is 0.238. The minimum Gasteiger partial charge on any atom is -0.379 e. The third kappa shape index (κ3) is 8.88. The van der Waals surface area contributed by atoms with Gasteiger partial charge in [-0.3, -0.25) is 0 Å². The molecule has 0 radical (unpaired) electrons. The predicted molar refractivity (Wildman–Crippen MR) is 65.2 cm³/mol. The third-order valence-electron chi connectivity index (χ3n) is 2.77. The van der Waals surface area contributed by atoms with Gasteiger partial charge in [0.25, 0.3) is 0 Å². The Bertz CT molecular complexity index is 122. The Morgan fingerprint density at radius 2 is 1.67 bits per heavy atom. The number of unbranched alkanes of at least 4 members (excludes halogenated alkanes) is 1. The Morgan fingerprint density at radius 1 is 1.00 bits per heavy atom. The van der Waals surface area contributed by atoms with Gasteiger partial charge in [-0.25, -0.2) is 0 Å². The van der Waals surface area contributed by atoms with Crippen LogP contribution in [0.25, 0.3) is 0 Å². The van der Waals surface area contributed by atoms with E-state index in [2.05, 4.69) is 27.7 Å². The van der Waals surface area contributed by atoms with Gasteiger partial charge in [0.15, 0.2) is 0 Å². The summed E-state index contributed by atoms with van der Waals surface area (Å²) in [5, 5.41) is 0. The topological polar surface area (TPSA) is 18.5 Å². The van der Waals surface area contributed by atoms with E-state index in [4.69, 9.17) is 9.47 Å². The van der Waals surface area contributed by atoms with E-state index < -0.39 is 0 Å². The molecule has 0 aromatic heterocycles. The maximum atomic E-state index is 5.74. The molecule has 0 rings (SSSR count). The molecule has 0 N–H and O–H groups in total. The second-order valence-electron chi connectivity index (χ2n) is 4.25. The normalized spacial score (nSPS) is 13.4. The molecule has 15 heavy (non-hydrogen) atoms. The first-order chi connectivity index (χ1) is 7.24. The second kappa shape index (κ2) is 10.4. The Hall–Kier alpha value is -0.0800. The molecule has 92 valence electrons. The zero-order valence-corrected chi connectivity index (χ0v) is 10.9. The maximum absolute atomic E-state index is 5.74. The fraction of sp³-hybridized carbons (Fsp3) is 1.00. The van der Waals surface area contributed by atoms with Crippen LogP contribution < -0.4 is 0 Å². The molecule has 0 heterocycles. The molecular formula is C13H28O2. The molecule has 0 saturated heterocycles. The van der Waals surface area contributed by atoms with Gasteiger partial charge in [0.2, 0.25) is 0 Å². The van der Waals surface area contributed by atoms with Crippen LogP contribution in [0.3, 0.4) is 0 Å². The van der Waals surface area contributed by atoms with Crippen LogP contribution in [-0.4, -0.2) is 25.9 Å². The van der Waals surface area contributed by atoms with Crippen LogP contribution in [0.4, 0.5) is 0 Å². The summed E-state index contributed by atoms with van der Waals surface area (Å²) in [5.41, 5.74) is 0. The number of hydrogen-bond donors (Lipinski definition) is 0. The van der Waals surface area contributed by atoms with Crippen molar-refractivity contribution in [2.24, 2.45) is 5.92 Å². The van der Waals surface area contributed by atoms with E-state index in [1.54, 1.807) is 0 Å². The van der Waals surface area contributed by atoms with Gasteiger partial charge in [0, 0.05) is 13.2 Å². The Kier molecular flexibility index (Phi) is 10.4. The molecule has 1 atom stereocenters. The smallest absolute Gasteiger partial charge is 0.0780 e. The van der Waals surface area contributed by atoms with Crippen LogP contribution in [0.1, 0.15) is 53.4 Å². The predicted octanol–water partition coefficient (Wildman–Crippen LogP) is 3.64. The van der Waals surface area contributed by atoms with Crippen LogP contribution in [0.15, 0.2) is 0 Å². The third-order valence-corrected chi connectivity index (χ3v) is 2.77. The summed E-state index contributed by atoms with van der Waals surface area (Å²) >= 11 is 0. The Labute approximate surface area is 95.3 Å². The lowest BCUT2D eigenvalue weighted by Crippen LogP contribution is -2.20. The summed E-state index contributed by atoms with van der Waals surface area (Å²) in [5.74, 6) is 0.711. The molecule has 2 heteroatoms. The molecule has 2 nitrogen and oxygen atoms in total. The molecule has 0 saturated carbocycles. The van der Waals surface area contributed by atoms with Crippen LogP contribution >= 0.6 is 0 Å². The van der Waals surface area contributed by atoms with Gasteiger partial charge in [-0.1, -0.05) is 40.0 Å². The van der Waals surface area contributed by atoms with Crippen molar-refractivity contribution in [2.75, 3.05) is 19.8 Å². The lowest BCUT2D eigenvalue weighted by Gasteiger charge is -2.17. The molecule has 0 bridgehead atoms. The SMILES string of the molecule is CCCCOCC(C)OCC(CC)CC. The molecule has 1 unspecified atom stereocenters. The molecule has 0 aromatic rings. The molecule has 0 aliphatic heterocycles. The van der Waals surface area contributed by atoms with Crippen molar-refractivity contribution in [1.29, 1.82) is 0 Å². The van der Waals surface area contributed by atoms with E-state index >= 15 is 0 Å². The van der Waals surface area contributed by atoms with Crippen molar-refractivity contribution in [3.05, 3.63) is 0 Å². The fourth-order valence-corrected chi connectivity index (χ4v) is 1.37. The summed E-state index contributed by atoms with van der Waals surface area (Å²) in [7, 11) is 0. The highest BCUT2D eigenvalue weighted by Crippen LogP contribution is 2.09. The standard InChI is InChI=1S/C13H28O2/c1-5-8-9-14-10-12(4)15-11-13(6-2)7-3/h12-13H,5-11H2,1-4H3. The lowest BCUT2D eigenvalue weighted by molar-refractivity contribution is -0.0211.